The second kappa shape index (κ2) is 6.65. The lowest BCUT2D eigenvalue weighted by molar-refractivity contribution is 0.0940. The minimum atomic E-state index is -0.448. The fraction of sp³-hybridized carbons (Fsp3) is 0.286. The number of benzene rings is 1. The van der Waals surface area contributed by atoms with Gasteiger partial charge in [0.05, 0.1) is 11.3 Å². The molecule has 7 nitrogen and oxygen atoms in total. The number of nitrogens with one attached hydrogen (secondary N) is 3. The largest absolute Gasteiger partial charge is 0.350 e. The van der Waals surface area contributed by atoms with E-state index in [1.165, 1.54) is 6.33 Å². The van der Waals surface area contributed by atoms with Crippen molar-refractivity contribution in [3.8, 4) is 0 Å². The Kier molecular flexibility index (Phi) is 4.65. The van der Waals surface area contributed by atoms with Crippen LogP contribution in [-0.4, -0.2) is 33.0 Å². The van der Waals surface area contributed by atoms with E-state index in [0.717, 1.165) is 6.42 Å². The van der Waals surface area contributed by atoms with Gasteiger partial charge in [0.25, 0.3) is 11.8 Å². The van der Waals surface area contributed by atoms with Crippen LogP contribution in [0, 0.1) is 0 Å². The molecule has 2 rings (SSSR count). The number of hydrogen-bond acceptors (Lipinski definition) is 4. The number of carbonyl (C=O) groups is 2. The third-order valence-corrected chi connectivity index (χ3v) is 3.04. The third kappa shape index (κ3) is 3.65. The molecule has 3 N–H and O–H groups in total. The molecule has 1 aromatic carbocycles. The van der Waals surface area contributed by atoms with Crippen LogP contribution in [0.25, 0.3) is 0 Å². The van der Waals surface area contributed by atoms with Gasteiger partial charge in [-0.3, -0.25) is 14.7 Å². The van der Waals surface area contributed by atoms with Crippen LogP contribution in [0.5, 0.6) is 0 Å². The van der Waals surface area contributed by atoms with E-state index in [1.54, 1.807) is 24.3 Å². The molecule has 0 aliphatic rings. The molecule has 0 fully saturated rings. The highest BCUT2D eigenvalue weighted by Crippen LogP contribution is 2.16. The second-order valence-electron chi connectivity index (χ2n) is 4.62. The van der Waals surface area contributed by atoms with Gasteiger partial charge < -0.3 is 10.6 Å². The monoisotopic (exact) mass is 287 g/mol. The number of rotatable bonds is 5. The van der Waals surface area contributed by atoms with Crippen molar-refractivity contribution in [2.24, 2.45) is 0 Å². The molecular formula is C14H17N5O2. The lowest BCUT2D eigenvalue weighted by Gasteiger charge is -2.14. The van der Waals surface area contributed by atoms with Gasteiger partial charge in [-0.25, -0.2) is 4.98 Å². The zero-order chi connectivity index (χ0) is 15.2. The number of H-pyrrole nitrogens is 1. The molecule has 0 saturated heterocycles. The van der Waals surface area contributed by atoms with Gasteiger partial charge in [0.15, 0.2) is 0 Å². The first-order valence-corrected chi connectivity index (χ1v) is 6.68. The predicted octanol–water partition coefficient (Wildman–Crippen LogP) is 1.59. The molecule has 1 atom stereocenters. The fourth-order valence-electron chi connectivity index (χ4n) is 1.69. The van der Waals surface area contributed by atoms with Crippen LogP contribution >= 0.6 is 0 Å². The molecule has 2 aromatic rings. The molecule has 2 amide bonds. The van der Waals surface area contributed by atoms with Crippen LogP contribution in [0.1, 0.15) is 41.2 Å². The first-order chi connectivity index (χ1) is 10.1. The van der Waals surface area contributed by atoms with E-state index in [1.807, 2.05) is 13.8 Å². The lowest BCUT2D eigenvalue weighted by atomic mass is 10.1. The Morgan fingerprint density at radius 1 is 1.29 bits per heavy atom. The van der Waals surface area contributed by atoms with Gasteiger partial charge in [-0.2, -0.15) is 5.10 Å². The van der Waals surface area contributed by atoms with E-state index in [0.29, 0.717) is 11.3 Å². The summed E-state index contributed by atoms with van der Waals surface area (Å²) >= 11 is 0. The summed E-state index contributed by atoms with van der Waals surface area (Å²) in [4.78, 5) is 27.9. The van der Waals surface area contributed by atoms with Crippen molar-refractivity contribution in [1.82, 2.24) is 20.5 Å². The number of anilines is 1. The molecule has 7 heteroatoms. The Bertz CT molecular complexity index is 624. The lowest BCUT2D eigenvalue weighted by Crippen LogP contribution is -2.32. The van der Waals surface area contributed by atoms with Gasteiger partial charge in [-0.05, 0) is 25.5 Å². The molecule has 21 heavy (non-hydrogen) atoms. The summed E-state index contributed by atoms with van der Waals surface area (Å²) < 4.78 is 0. The van der Waals surface area contributed by atoms with Gasteiger partial charge >= 0.3 is 0 Å². The normalized spacial score (nSPS) is 11.7. The van der Waals surface area contributed by atoms with E-state index < -0.39 is 5.91 Å². The summed E-state index contributed by atoms with van der Waals surface area (Å²) in [7, 11) is 0. The third-order valence-electron chi connectivity index (χ3n) is 3.04. The van der Waals surface area contributed by atoms with Gasteiger partial charge in [-0.15, -0.1) is 0 Å². The first-order valence-electron chi connectivity index (χ1n) is 6.68. The SMILES string of the molecule is CCC(C)NC(=O)c1ccccc1NC(=O)c1ncn[nH]1. The van der Waals surface area contributed by atoms with Crippen molar-refractivity contribution in [3.63, 3.8) is 0 Å². The maximum Gasteiger partial charge on any atom is 0.293 e. The molecule has 0 aliphatic heterocycles. The van der Waals surface area contributed by atoms with E-state index >= 15 is 0 Å². The van der Waals surface area contributed by atoms with Crippen molar-refractivity contribution in [3.05, 3.63) is 42.0 Å². The quantitative estimate of drug-likeness (QED) is 0.777. The molecule has 1 unspecified atom stereocenters. The van der Waals surface area contributed by atoms with E-state index in [-0.39, 0.29) is 17.8 Å². The Hall–Kier alpha value is -2.70. The highest BCUT2D eigenvalue weighted by atomic mass is 16.2. The van der Waals surface area contributed by atoms with E-state index in [2.05, 4.69) is 25.8 Å². The minimum absolute atomic E-state index is 0.0653. The molecule has 0 spiro atoms. The van der Waals surface area contributed by atoms with Crippen LogP contribution in [0.4, 0.5) is 5.69 Å². The van der Waals surface area contributed by atoms with Crippen molar-refractivity contribution in [1.29, 1.82) is 0 Å². The van der Waals surface area contributed by atoms with Crippen LogP contribution in [0.2, 0.25) is 0 Å². The van der Waals surface area contributed by atoms with E-state index in [9.17, 15) is 9.59 Å². The van der Waals surface area contributed by atoms with Crippen LogP contribution in [-0.2, 0) is 0 Å². The minimum Gasteiger partial charge on any atom is -0.350 e. The standard InChI is InChI=1S/C14H17N5O2/c1-3-9(2)17-13(20)10-6-4-5-7-11(10)18-14(21)12-15-8-16-19-12/h4-9H,3H2,1-2H3,(H,17,20)(H,18,21)(H,15,16,19). The van der Waals surface area contributed by atoms with Gasteiger partial charge in [0.1, 0.15) is 6.33 Å². The van der Waals surface area contributed by atoms with E-state index in [4.69, 9.17) is 0 Å². The van der Waals surface area contributed by atoms with Crippen LogP contribution in [0.3, 0.4) is 0 Å². The van der Waals surface area contributed by atoms with Crippen LogP contribution < -0.4 is 10.6 Å². The highest BCUT2D eigenvalue weighted by molar-refractivity contribution is 6.07. The van der Waals surface area contributed by atoms with Crippen molar-refractivity contribution >= 4 is 17.5 Å². The Labute approximate surface area is 122 Å². The maximum atomic E-state index is 12.2. The maximum absolute atomic E-state index is 12.2. The number of nitrogens with zero attached hydrogens (tertiary/aromatic N) is 2. The van der Waals surface area contributed by atoms with Gasteiger partial charge in [0.2, 0.25) is 5.82 Å². The summed E-state index contributed by atoms with van der Waals surface area (Å²) in [6.45, 7) is 3.91. The Morgan fingerprint density at radius 2 is 2.05 bits per heavy atom. The van der Waals surface area contributed by atoms with Gasteiger partial charge in [-0.1, -0.05) is 19.1 Å². The summed E-state index contributed by atoms with van der Waals surface area (Å²) in [6.07, 6.45) is 2.08. The number of amides is 2. The predicted molar refractivity (Wildman–Crippen MR) is 78.0 cm³/mol. The summed E-state index contributed by atoms with van der Waals surface area (Å²) in [6, 6.07) is 6.88. The summed E-state index contributed by atoms with van der Waals surface area (Å²) in [5, 5.41) is 11.6. The second-order valence-corrected chi connectivity index (χ2v) is 4.62. The smallest absolute Gasteiger partial charge is 0.293 e. The fourth-order valence-corrected chi connectivity index (χ4v) is 1.69. The average molecular weight is 287 g/mol. The number of aromatic nitrogens is 3. The van der Waals surface area contributed by atoms with Crippen molar-refractivity contribution < 1.29 is 9.59 Å². The topological polar surface area (TPSA) is 99.8 Å². The molecule has 1 aromatic heterocycles. The Morgan fingerprint density at radius 3 is 2.71 bits per heavy atom. The molecule has 0 radical (unpaired) electrons. The number of para-hydroxylation sites is 1. The molecule has 0 bridgehead atoms. The zero-order valence-electron chi connectivity index (χ0n) is 11.9. The Balaban J connectivity index is 2.17. The van der Waals surface area contributed by atoms with Crippen LogP contribution in [0.15, 0.2) is 30.6 Å². The molecule has 0 aliphatic carbocycles. The molecule has 0 saturated carbocycles. The summed E-state index contributed by atoms with van der Waals surface area (Å²) in [5.41, 5.74) is 0.838. The van der Waals surface area contributed by atoms with Crippen molar-refractivity contribution in [2.45, 2.75) is 26.3 Å². The highest BCUT2D eigenvalue weighted by Gasteiger charge is 2.16. The number of hydrogen-bond donors (Lipinski definition) is 3. The number of carbonyl (C=O) groups excluding carboxylic acids is 2. The number of aromatic amines is 1. The van der Waals surface area contributed by atoms with Gasteiger partial charge in [0, 0.05) is 6.04 Å². The molecule has 1 heterocycles. The summed E-state index contributed by atoms with van der Waals surface area (Å²) in [5.74, 6) is -0.582. The molecular weight excluding hydrogens is 270 g/mol. The average Bonchev–Trinajstić information content (AvgIpc) is 3.01. The molecule has 110 valence electrons. The zero-order valence-corrected chi connectivity index (χ0v) is 11.9. The first kappa shape index (κ1) is 14.7. The van der Waals surface area contributed by atoms with Crippen molar-refractivity contribution in [2.75, 3.05) is 5.32 Å².